The van der Waals surface area contributed by atoms with Gasteiger partial charge in [0.25, 0.3) is 0 Å². The predicted molar refractivity (Wildman–Crippen MR) is 97.0 cm³/mol. The van der Waals surface area contributed by atoms with E-state index < -0.39 is 0 Å². The average Bonchev–Trinajstić information content (AvgIpc) is 2.94. The van der Waals surface area contributed by atoms with Crippen molar-refractivity contribution in [2.75, 3.05) is 0 Å². The average molecular weight is 288 g/mol. The summed E-state index contributed by atoms with van der Waals surface area (Å²) in [6.07, 6.45) is 8.87. The largest absolute Gasteiger partial charge is 0.296 e. The molecule has 110 valence electrons. The lowest BCUT2D eigenvalue weighted by Crippen LogP contribution is -2.01. The van der Waals surface area contributed by atoms with Crippen molar-refractivity contribution in [1.82, 2.24) is 9.38 Å². The number of hydrogen-bond donors (Lipinski definition) is 0. The van der Waals surface area contributed by atoms with Crippen LogP contribution in [0.2, 0.25) is 0 Å². The van der Waals surface area contributed by atoms with Gasteiger partial charge < -0.3 is 0 Å². The molecular formula is C20H20N2. The van der Waals surface area contributed by atoms with Gasteiger partial charge in [0.15, 0.2) is 0 Å². The van der Waals surface area contributed by atoms with Crippen LogP contribution in [0.15, 0.2) is 43.5 Å². The molecular weight excluding hydrogens is 268 g/mol. The second-order valence-electron chi connectivity index (χ2n) is 5.21. The third kappa shape index (κ3) is 1.92. The van der Waals surface area contributed by atoms with Crippen LogP contribution in [0.5, 0.6) is 0 Å². The van der Waals surface area contributed by atoms with E-state index in [9.17, 15) is 0 Å². The van der Waals surface area contributed by atoms with Crippen LogP contribution in [0.4, 0.5) is 0 Å². The Morgan fingerprint density at radius 2 is 1.86 bits per heavy atom. The highest BCUT2D eigenvalue weighted by molar-refractivity contribution is 6.01. The summed E-state index contributed by atoms with van der Waals surface area (Å²) in [5.41, 5.74) is 5.40. The molecule has 2 heteroatoms. The number of fused-ring (bicyclic) bond motifs is 3. The summed E-state index contributed by atoms with van der Waals surface area (Å²) in [5.74, 6) is 0. The topological polar surface area (TPSA) is 17.3 Å². The summed E-state index contributed by atoms with van der Waals surface area (Å²) in [5, 5.41) is 2.33. The second-order valence-corrected chi connectivity index (χ2v) is 5.21. The molecule has 22 heavy (non-hydrogen) atoms. The van der Waals surface area contributed by atoms with Gasteiger partial charge in [0.1, 0.15) is 5.65 Å². The molecule has 0 unspecified atom stereocenters. The number of allylic oxidation sites excluding steroid dienone is 1. The van der Waals surface area contributed by atoms with Crippen molar-refractivity contribution >= 4 is 34.6 Å². The summed E-state index contributed by atoms with van der Waals surface area (Å²) >= 11 is 0. The van der Waals surface area contributed by atoms with Gasteiger partial charge in [-0.3, -0.25) is 4.40 Å². The van der Waals surface area contributed by atoms with Gasteiger partial charge in [-0.25, -0.2) is 4.98 Å². The molecule has 2 aromatic heterocycles. The number of hydrogen-bond acceptors (Lipinski definition) is 1. The number of aryl methyl sites for hydroxylation is 1. The van der Waals surface area contributed by atoms with Crippen molar-refractivity contribution in [3.63, 3.8) is 0 Å². The van der Waals surface area contributed by atoms with E-state index in [1.54, 1.807) is 0 Å². The first-order chi connectivity index (χ1) is 10.8. The SMILES string of the molecule is C=Cc1nc2c3ccccc3c(C=C)c(/C=C\C)n2c1CC. The van der Waals surface area contributed by atoms with Crippen molar-refractivity contribution in [2.24, 2.45) is 0 Å². The maximum absolute atomic E-state index is 4.83. The first-order valence-electron chi connectivity index (χ1n) is 7.60. The molecule has 0 saturated heterocycles. The fourth-order valence-electron chi connectivity index (χ4n) is 3.12. The van der Waals surface area contributed by atoms with Gasteiger partial charge in [-0.05, 0) is 30.9 Å². The number of rotatable bonds is 4. The zero-order valence-corrected chi connectivity index (χ0v) is 13.1. The van der Waals surface area contributed by atoms with Gasteiger partial charge in [0.2, 0.25) is 0 Å². The van der Waals surface area contributed by atoms with Gasteiger partial charge in [-0.15, -0.1) is 0 Å². The van der Waals surface area contributed by atoms with E-state index in [4.69, 9.17) is 4.98 Å². The van der Waals surface area contributed by atoms with Crippen molar-refractivity contribution < 1.29 is 0 Å². The lowest BCUT2D eigenvalue weighted by molar-refractivity contribution is 0.984. The van der Waals surface area contributed by atoms with Gasteiger partial charge in [-0.2, -0.15) is 0 Å². The van der Waals surface area contributed by atoms with E-state index in [2.05, 4.69) is 60.9 Å². The highest BCUT2D eigenvalue weighted by Gasteiger charge is 2.16. The summed E-state index contributed by atoms with van der Waals surface area (Å²) in [6.45, 7) is 12.1. The van der Waals surface area contributed by atoms with Crippen LogP contribution in [0.1, 0.15) is 36.5 Å². The standard InChI is InChI=1S/C20H20N2/c1-5-11-19-14(6-2)15-12-9-10-13-16(15)20-21-17(7-3)18(8-4)22(19)20/h5-7,9-13H,2-3,8H2,1,4H3/b11-5-. The molecule has 3 rings (SSSR count). The quantitative estimate of drug-likeness (QED) is 0.631. The Balaban J connectivity index is 2.67. The first-order valence-corrected chi connectivity index (χ1v) is 7.60. The molecule has 0 aliphatic carbocycles. The lowest BCUT2D eigenvalue weighted by Gasteiger charge is -2.13. The molecule has 0 amide bonds. The van der Waals surface area contributed by atoms with E-state index in [1.165, 1.54) is 11.1 Å². The molecule has 0 aliphatic heterocycles. The van der Waals surface area contributed by atoms with Crippen molar-refractivity contribution in [2.45, 2.75) is 20.3 Å². The van der Waals surface area contributed by atoms with Crippen molar-refractivity contribution in [3.05, 3.63) is 66.1 Å². The molecule has 3 aromatic rings. The Morgan fingerprint density at radius 3 is 2.45 bits per heavy atom. The van der Waals surface area contributed by atoms with Gasteiger partial charge >= 0.3 is 0 Å². The lowest BCUT2D eigenvalue weighted by atomic mass is 10.0. The Bertz CT molecular complexity index is 910. The molecule has 0 bridgehead atoms. The maximum atomic E-state index is 4.83. The zero-order chi connectivity index (χ0) is 15.7. The minimum atomic E-state index is 0.905. The molecule has 2 heterocycles. The smallest absolute Gasteiger partial charge is 0.146 e. The first kappa shape index (κ1) is 14.3. The molecule has 0 atom stereocenters. The Labute approximate surface area is 131 Å². The molecule has 0 N–H and O–H groups in total. The monoisotopic (exact) mass is 288 g/mol. The normalized spacial score (nSPS) is 11.5. The van der Waals surface area contributed by atoms with E-state index in [0.29, 0.717) is 0 Å². The highest BCUT2D eigenvalue weighted by atomic mass is 15.0. The highest BCUT2D eigenvalue weighted by Crippen LogP contribution is 2.31. The summed E-state index contributed by atoms with van der Waals surface area (Å²) in [7, 11) is 0. The summed E-state index contributed by atoms with van der Waals surface area (Å²) in [4.78, 5) is 4.83. The fraction of sp³-hybridized carbons (Fsp3) is 0.150. The predicted octanol–water partition coefficient (Wildman–Crippen LogP) is 5.37. The van der Waals surface area contributed by atoms with Crippen molar-refractivity contribution in [3.8, 4) is 0 Å². The zero-order valence-electron chi connectivity index (χ0n) is 13.1. The minimum absolute atomic E-state index is 0.905. The van der Waals surface area contributed by atoms with Gasteiger partial charge in [-0.1, -0.05) is 56.5 Å². The number of benzene rings is 1. The number of nitrogens with zero attached hydrogens (tertiary/aromatic N) is 2. The van der Waals surface area contributed by atoms with Crippen LogP contribution in [0, 0.1) is 0 Å². The van der Waals surface area contributed by atoms with Crippen LogP contribution < -0.4 is 0 Å². The molecule has 0 radical (unpaired) electrons. The van der Waals surface area contributed by atoms with E-state index in [1.807, 2.05) is 19.1 Å². The minimum Gasteiger partial charge on any atom is -0.296 e. The third-order valence-corrected chi connectivity index (χ3v) is 4.04. The van der Waals surface area contributed by atoms with Gasteiger partial charge in [0, 0.05) is 10.9 Å². The van der Waals surface area contributed by atoms with Crippen LogP contribution in [-0.4, -0.2) is 9.38 Å². The molecule has 0 aliphatic rings. The van der Waals surface area contributed by atoms with Crippen LogP contribution in [0.25, 0.3) is 34.6 Å². The summed E-state index contributed by atoms with van der Waals surface area (Å²) < 4.78 is 2.25. The summed E-state index contributed by atoms with van der Waals surface area (Å²) in [6, 6.07) is 8.37. The molecule has 2 nitrogen and oxygen atoms in total. The number of pyridine rings is 1. The van der Waals surface area contributed by atoms with Crippen LogP contribution in [-0.2, 0) is 6.42 Å². The van der Waals surface area contributed by atoms with Gasteiger partial charge in [0.05, 0.1) is 17.1 Å². The van der Waals surface area contributed by atoms with Crippen molar-refractivity contribution in [1.29, 1.82) is 0 Å². The number of aromatic nitrogens is 2. The molecule has 0 spiro atoms. The maximum Gasteiger partial charge on any atom is 0.146 e. The van der Waals surface area contributed by atoms with E-state index in [-0.39, 0.29) is 0 Å². The van der Waals surface area contributed by atoms with Crippen LogP contribution in [0.3, 0.4) is 0 Å². The third-order valence-electron chi connectivity index (χ3n) is 4.04. The Kier molecular flexibility index (Phi) is 3.68. The molecule has 0 saturated carbocycles. The number of imidazole rings is 1. The fourth-order valence-corrected chi connectivity index (χ4v) is 3.12. The Hall–Kier alpha value is -2.61. The Morgan fingerprint density at radius 1 is 1.14 bits per heavy atom. The van der Waals surface area contributed by atoms with E-state index in [0.717, 1.165) is 34.4 Å². The second kappa shape index (κ2) is 5.64. The molecule has 1 aromatic carbocycles. The van der Waals surface area contributed by atoms with Crippen LogP contribution >= 0.6 is 0 Å². The van der Waals surface area contributed by atoms with E-state index >= 15 is 0 Å². The molecule has 0 fully saturated rings.